The van der Waals surface area contributed by atoms with E-state index in [4.69, 9.17) is 5.11 Å². The average Bonchev–Trinajstić information content (AvgIpc) is 2.74. The van der Waals surface area contributed by atoms with Gasteiger partial charge in [0.05, 0.1) is 0 Å². The first-order valence-corrected chi connectivity index (χ1v) is 12.3. The molecule has 2 aromatic carbocycles. The Morgan fingerprint density at radius 3 is 2.19 bits per heavy atom. The molecule has 0 bridgehead atoms. The lowest BCUT2D eigenvalue weighted by Gasteiger charge is -2.24. The topological polar surface area (TPSA) is 59.3 Å². The van der Waals surface area contributed by atoms with Crippen LogP contribution in [-0.2, 0) is 0 Å². The molecule has 176 valence electrons. The first-order valence-electron chi connectivity index (χ1n) is 11.5. The Balaban J connectivity index is 0.00000118. The number of aliphatic hydroxyl groups is 1. The molecule has 0 aromatic heterocycles. The van der Waals surface area contributed by atoms with Gasteiger partial charge in [-0.25, -0.2) is 0 Å². The van der Waals surface area contributed by atoms with Crippen molar-refractivity contribution in [2.75, 3.05) is 24.6 Å². The zero-order chi connectivity index (χ0) is 24.3. The summed E-state index contributed by atoms with van der Waals surface area (Å²) in [6, 6.07) is 15.2. The number of benzene rings is 2. The number of fused-ring (bicyclic) bond motifs is 1. The molecule has 2 rings (SSSR count). The molecule has 0 aliphatic rings. The van der Waals surface area contributed by atoms with Crippen molar-refractivity contribution in [1.82, 2.24) is 4.72 Å². The molecule has 0 aliphatic heterocycles. The predicted octanol–water partition coefficient (Wildman–Crippen LogP) is 7.00. The van der Waals surface area contributed by atoms with E-state index < -0.39 is 0 Å². The zero-order valence-electron chi connectivity index (χ0n) is 21.1. The summed E-state index contributed by atoms with van der Waals surface area (Å²) in [5, 5.41) is 21.2. The molecule has 0 unspecified atom stereocenters. The van der Waals surface area contributed by atoms with Gasteiger partial charge in [-0.2, -0.15) is 5.26 Å². The maximum Gasteiger partial charge on any atom is 0.108 e. The number of allylic oxidation sites excluding steroid dienone is 2. The lowest BCUT2D eigenvalue weighted by atomic mass is 10.0. The molecule has 0 saturated heterocycles. The maximum atomic E-state index is 9.63. The molecule has 0 aliphatic carbocycles. The Labute approximate surface area is 199 Å². The number of nitrogens with zero attached hydrogens (tertiary/aromatic N) is 2. The highest BCUT2D eigenvalue weighted by Gasteiger charge is 2.18. The van der Waals surface area contributed by atoms with Crippen molar-refractivity contribution in [2.45, 2.75) is 67.3 Å². The second-order valence-corrected chi connectivity index (χ2v) is 10.1. The Morgan fingerprint density at radius 2 is 1.66 bits per heavy atom. The van der Waals surface area contributed by atoms with Crippen LogP contribution in [0.5, 0.6) is 0 Å². The quantitative estimate of drug-likeness (QED) is 0.315. The highest BCUT2D eigenvalue weighted by Crippen LogP contribution is 2.30. The molecule has 0 fully saturated rings. The Hall–Kier alpha value is -2.00. The summed E-state index contributed by atoms with van der Waals surface area (Å²) >= 11 is 1.34. The number of aliphatic hydroxyl groups excluding tert-OH is 1. The standard InChI is InChI=1S/C23H31N3OS.C4H10/c1-6-26(7-2)21-11-10-19-14-18(8-9-20(19)15-21)17(3)22(16-24)28-25-23(4,5)12-13-27;1-4(2)3/h8-11,14-15,25,27H,6-7,12-13H2,1-5H3;4H,1-3H3/b22-17+;. The summed E-state index contributed by atoms with van der Waals surface area (Å²) in [6.45, 7) is 19.0. The van der Waals surface area contributed by atoms with E-state index in [0.717, 1.165) is 30.1 Å². The van der Waals surface area contributed by atoms with E-state index in [9.17, 15) is 5.26 Å². The molecule has 0 radical (unpaired) electrons. The van der Waals surface area contributed by atoms with E-state index in [1.165, 1.54) is 28.4 Å². The number of hydrogen-bond acceptors (Lipinski definition) is 5. The highest BCUT2D eigenvalue weighted by atomic mass is 32.2. The molecule has 2 N–H and O–H groups in total. The molecule has 0 spiro atoms. The van der Waals surface area contributed by atoms with Crippen LogP contribution in [0.1, 0.15) is 67.4 Å². The summed E-state index contributed by atoms with van der Waals surface area (Å²) in [6.07, 6.45) is 0.628. The van der Waals surface area contributed by atoms with Gasteiger partial charge in [0.2, 0.25) is 0 Å². The zero-order valence-corrected chi connectivity index (χ0v) is 21.9. The number of hydrogen-bond donors (Lipinski definition) is 2. The fraction of sp³-hybridized carbons (Fsp3) is 0.519. The number of anilines is 1. The minimum absolute atomic E-state index is 0.116. The monoisotopic (exact) mass is 455 g/mol. The van der Waals surface area contributed by atoms with Crippen molar-refractivity contribution in [3.63, 3.8) is 0 Å². The Bertz CT molecular complexity index is 921. The van der Waals surface area contributed by atoms with Gasteiger partial charge >= 0.3 is 0 Å². The van der Waals surface area contributed by atoms with Crippen molar-refractivity contribution in [2.24, 2.45) is 5.92 Å². The second kappa shape index (κ2) is 13.5. The fourth-order valence-electron chi connectivity index (χ4n) is 3.09. The van der Waals surface area contributed by atoms with Gasteiger partial charge in [0.1, 0.15) is 11.0 Å². The van der Waals surface area contributed by atoms with Crippen LogP contribution >= 0.6 is 11.9 Å². The van der Waals surface area contributed by atoms with Crippen LogP contribution in [0.2, 0.25) is 0 Å². The third-order valence-electron chi connectivity index (χ3n) is 4.99. The SMILES string of the molecule is CC(C)C.CCN(CC)c1ccc2cc(/C(C)=C(\C#N)SNC(C)(C)CCO)ccc2c1. The van der Waals surface area contributed by atoms with Gasteiger partial charge in [0, 0.05) is 30.9 Å². The minimum Gasteiger partial charge on any atom is -0.396 e. The molecule has 4 nitrogen and oxygen atoms in total. The average molecular weight is 456 g/mol. The van der Waals surface area contributed by atoms with Crippen molar-refractivity contribution < 1.29 is 5.11 Å². The van der Waals surface area contributed by atoms with Crippen LogP contribution in [-0.4, -0.2) is 30.3 Å². The molecule has 0 atom stereocenters. The summed E-state index contributed by atoms with van der Waals surface area (Å²) in [5.74, 6) is 0.833. The largest absolute Gasteiger partial charge is 0.396 e. The predicted molar refractivity (Wildman–Crippen MR) is 143 cm³/mol. The van der Waals surface area contributed by atoms with Gasteiger partial charge in [-0.15, -0.1) is 0 Å². The molecule has 5 heteroatoms. The van der Waals surface area contributed by atoms with Crippen LogP contribution in [0.25, 0.3) is 16.3 Å². The van der Waals surface area contributed by atoms with Crippen molar-refractivity contribution in [3.05, 3.63) is 46.9 Å². The Morgan fingerprint density at radius 1 is 1.09 bits per heavy atom. The lowest BCUT2D eigenvalue weighted by Crippen LogP contribution is -2.35. The van der Waals surface area contributed by atoms with E-state index in [0.29, 0.717) is 11.3 Å². The number of rotatable bonds is 9. The first-order chi connectivity index (χ1) is 15.1. The third kappa shape index (κ3) is 8.86. The lowest BCUT2D eigenvalue weighted by molar-refractivity contribution is 0.248. The molecule has 0 saturated carbocycles. The summed E-state index contributed by atoms with van der Waals surface area (Å²) in [5.41, 5.74) is 3.00. The van der Waals surface area contributed by atoms with Crippen LogP contribution in [0.4, 0.5) is 5.69 Å². The van der Waals surface area contributed by atoms with Gasteiger partial charge in [0.15, 0.2) is 0 Å². The molecular weight excluding hydrogens is 414 g/mol. The van der Waals surface area contributed by atoms with E-state index in [2.05, 4.69) is 86.7 Å². The van der Waals surface area contributed by atoms with E-state index in [1.54, 1.807) is 0 Å². The smallest absolute Gasteiger partial charge is 0.108 e. The molecule has 0 heterocycles. The number of nitriles is 1. The summed E-state index contributed by atoms with van der Waals surface area (Å²) < 4.78 is 3.30. The van der Waals surface area contributed by atoms with Crippen LogP contribution < -0.4 is 9.62 Å². The van der Waals surface area contributed by atoms with E-state index >= 15 is 0 Å². The van der Waals surface area contributed by atoms with E-state index in [-0.39, 0.29) is 12.1 Å². The Kier molecular flexibility index (Phi) is 11.8. The second-order valence-electron chi connectivity index (χ2n) is 9.28. The van der Waals surface area contributed by atoms with Crippen molar-refractivity contribution >= 4 is 34.0 Å². The van der Waals surface area contributed by atoms with Crippen molar-refractivity contribution in [3.8, 4) is 6.07 Å². The maximum absolute atomic E-state index is 9.63. The van der Waals surface area contributed by atoms with Crippen molar-refractivity contribution in [1.29, 1.82) is 5.26 Å². The first kappa shape index (κ1) is 28.0. The fourth-order valence-corrected chi connectivity index (χ4v) is 3.88. The van der Waals surface area contributed by atoms with Crippen LogP contribution in [0.15, 0.2) is 41.3 Å². The van der Waals surface area contributed by atoms with Gasteiger partial charge in [-0.3, -0.25) is 4.72 Å². The highest BCUT2D eigenvalue weighted by molar-refractivity contribution is 8.01. The van der Waals surface area contributed by atoms with E-state index in [1.807, 2.05) is 20.8 Å². The third-order valence-corrected chi connectivity index (χ3v) is 6.25. The van der Waals surface area contributed by atoms with Crippen LogP contribution in [0, 0.1) is 17.2 Å². The number of nitrogens with one attached hydrogen (secondary N) is 1. The van der Waals surface area contributed by atoms with Gasteiger partial charge in [0.25, 0.3) is 0 Å². The molecule has 0 amide bonds. The molecule has 32 heavy (non-hydrogen) atoms. The molecular formula is C27H41N3OS. The molecule has 2 aromatic rings. The summed E-state index contributed by atoms with van der Waals surface area (Å²) in [4.78, 5) is 2.98. The van der Waals surface area contributed by atoms with Gasteiger partial charge in [-0.05, 0) is 99.0 Å². The normalized spacial score (nSPS) is 12.2. The van der Waals surface area contributed by atoms with Crippen LogP contribution in [0.3, 0.4) is 0 Å². The van der Waals surface area contributed by atoms with Gasteiger partial charge < -0.3 is 10.0 Å². The van der Waals surface area contributed by atoms with Gasteiger partial charge in [-0.1, -0.05) is 39.0 Å². The summed E-state index contributed by atoms with van der Waals surface area (Å²) in [7, 11) is 0. The minimum atomic E-state index is -0.244.